The third kappa shape index (κ3) is 7.40. The topological polar surface area (TPSA) is 113 Å². The van der Waals surface area contributed by atoms with Crippen LogP contribution < -0.4 is 4.74 Å². The monoisotopic (exact) mass is 678 g/mol. The molecule has 2 amide bonds. The molecule has 4 heterocycles. The molecule has 50 heavy (non-hydrogen) atoms. The number of rotatable bonds is 12. The van der Waals surface area contributed by atoms with E-state index >= 15 is 0 Å². The summed E-state index contributed by atoms with van der Waals surface area (Å²) in [7, 11) is -1.03. The number of hydrogen-bond donors (Lipinski definition) is 2. The Bertz CT molecular complexity index is 1700. The number of para-hydroxylation sites is 1. The van der Waals surface area contributed by atoms with Crippen LogP contribution in [0.1, 0.15) is 62.5 Å². The first kappa shape index (κ1) is 34.5. The van der Waals surface area contributed by atoms with Gasteiger partial charge in [-0.3, -0.25) is 19.4 Å². The number of carbonyl (C=O) groups excluding carboxylic acids is 2. The number of hydrogen-bond acceptors (Lipinski definition) is 8. The zero-order chi connectivity index (χ0) is 34.6. The Morgan fingerprint density at radius 1 is 0.980 bits per heavy atom. The van der Waals surface area contributed by atoms with Gasteiger partial charge in [0.05, 0.1) is 17.9 Å². The zero-order valence-corrected chi connectivity index (χ0v) is 28.8. The molecule has 10 heteroatoms. The predicted molar refractivity (Wildman–Crippen MR) is 190 cm³/mol. The minimum Gasteiger partial charge on any atom is -0.489 e. The van der Waals surface area contributed by atoms with E-state index in [9.17, 15) is 19.7 Å². The minimum absolute atomic E-state index is 0.0767. The van der Waals surface area contributed by atoms with E-state index in [1.807, 2.05) is 48.5 Å². The van der Waals surface area contributed by atoms with Gasteiger partial charge in [-0.25, -0.2) is 0 Å². The van der Waals surface area contributed by atoms with Crippen molar-refractivity contribution >= 4 is 25.0 Å². The predicted octanol–water partition coefficient (Wildman–Crippen LogP) is 5.89. The Kier molecular flexibility index (Phi) is 10.7. The van der Waals surface area contributed by atoms with Crippen molar-refractivity contribution in [1.29, 1.82) is 0 Å². The number of benzene rings is 2. The maximum Gasteiger partial charge on any atom is 0.455 e. The fourth-order valence-corrected chi connectivity index (χ4v) is 8.57. The Morgan fingerprint density at radius 3 is 2.42 bits per heavy atom. The number of likely N-dealkylation sites (tertiary alicyclic amines) is 2. The molecule has 2 N–H and O–H groups in total. The third-order valence-electron chi connectivity index (χ3n) is 11.0. The molecule has 3 aromatic rings. The maximum absolute atomic E-state index is 14.4. The minimum atomic E-state index is -1.03. The lowest BCUT2D eigenvalue weighted by molar-refractivity contribution is -0.144. The quantitative estimate of drug-likeness (QED) is 0.139. The summed E-state index contributed by atoms with van der Waals surface area (Å²) in [6.45, 7) is 4.75. The van der Waals surface area contributed by atoms with Crippen molar-refractivity contribution in [3.63, 3.8) is 0 Å². The van der Waals surface area contributed by atoms with Gasteiger partial charge in [-0.2, -0.15) is 0 Å². The van der Waals surface area contributed by atoms with E-state index in [1.54, 1.807) is 11.0 Å². The highest BCUT2D eigenvalue weighted by Crippen LogP contribution is 2.51. The Hall–Kier alpha value is -3.96. The summed E-state index contributed by atoms with van der Waals surface area (Å²) in [5.41, 5.74) is 4.43. The van der Waals surface area contributed by atoms with Crippen molar-refractivity contribution in [2.45, 2.75) is 77.1 Å². The molecule has 3 saturated heterocycles. The Balaban J connectivity index is 1.12. The number of allylic oxidation sites excluding steroid dienone is 1. The van der Waals surface area contributed by atoms with E-state index in [4.69, 9.17) is 13.8 Å². The summed E-state index contributed by atoms with van der Waals surface area (Å²) in [4.78, 5) is 32.6. The van der Waals surface area contributed by atoms with Crippen LogP contribution in [0.5, 0.6) is 5.75 Å². The molecule has 3 fully saturated rings. The molecule has 7 rings (SSSR count). The van der Waals surface area contributed by atoms with Crippen LogP contribution in [0.3, 0.4) is 0 Å². The highest BCUT2D eigenvalue weighted by molar-refractivity contribution is 6.43. The highest BCUT2D eigenvalue weighted by atomic mass is 16.5. The smallest absolute Gasteiger partial charge is 0.455 e. The van der Waals surface area contributed by atoms with Gasteiger partial charge in [-0.15, -0.1) is 0 Å². The van der Waals surface area contributed by atoms with Gasteiger partial charge in [0, 0.05) is 25.7 Å². The molecular weight excluding hydrogens is 631 g/mol. The summed E-state index contributed by atoms with van der Waals surface area (Å²) < 4.78 is 18.3. The lowest BCUT2D eigenvalue weighted by Gasteiger charge is -2.43. The second-order valence-electron chi connectivity index (χ2n) is 14.1. The number of imide groups is 1. The average Bonchev–Trinajstić information content (AvgIpc) is 3.70. The lowest BCUT2D eigenvalue weighted by Crippen LogP contribution is -2.48. The second kappa shape index (κ2) is 15.5. The normalized spacial score (nSPS) is 24.9. The van der Waals surface area contributed by atoms with Crippen molar-refractivity contribution in [3.8, 4) is 5.75 Å². The molecule has 262 valence electrons. The molecule has 4 atom stereocenters. The molecule has 0 spiro atoms. The van der Waals surface area contributed by atoms with Gasteiger partial charge in [0.15, 0.2) is 0 Å². The SMILES string of the molecule is CC/C(=C\c1ccc(CO)o1)CC[C@H]1OB(O)C[C@H]2C1=C(COc1ccccc1)C[C@H]1C(=O)N(C3CCN(Cc4ccccc4)CC3)C(=O)[C@H]12. The van der Waals surface area contributed by atoms with Gasteiger partial charge in [0.2, 0.25) is 11.8 Å². The Morgan fingerprint density at radius 2 is 1.72 bits per heavy atom. The summed E-state index contributed by atoms with van der Waals surface area (Å²) in [5.74, 6) is 0.489. The fourth-order valence-electron chi connectivity index (χ4n) is 8.57. The van der Waals surface area contributed by atoms with Crippen LogP contribution in [0, 0.1) is 17.8 Å². The van der Waals surface area contributed by atoms with Crippen molar-refractivity contribution in [2.24, 2.45) is 17.8 Å². The fraction of sp³-hybridized carbons (Fsp3) is 0.450. The summed E-state index contributed by atoms with van der Waals surface area (Å²) in [6, 6.07) is 23.5. The van der Waals surface area contributed by atoms with Gasteiger partial charge >= 0.3 is 7.12 Å². The van der Waals surface area contributed by atoms with Crippen molar-refractivity contribution in [3.05, 3.63) is 107 Å². The van der Waals surface area contributed by atoms with Gasteiger partial charge < -0.3 is 23.9 Å². The molecule has 0 radical (unpaired) electrons. The maximum atomic E-state index is 14.4. The standard InChI is InChI=1S/C40H47BN2O7/c1-2-27(21-32-14-15-33(25-44)49-32)13-16-36-37-29(26-48-31-11-7-4-8-12-31)22-34-38(35(37)23-41(47)50-36)40(46)43(39(34)45)30-17-19-42(20-18-30)24-28-9-5-3-6-10-28/h3-12,14-15,21,30,34-36,38,44,47H,2,13,16-20,22-26H2,1H3/b27-21+/t34-,35+,36-,38-/m1/s1. The molecule has 4 aliphatic rings. The van der Waals surface area contributed by atoms with Crippen LogP contribution in [0.4, 0.5) is 0 Å². The van der Waals surface area contributed by atoms with Gasteiger partial charge in [-0.1, -0.05) is 61.0 Å². The van der Waals surface area contributed by atoms with E-state index in [0.29, 0.717) is 37.4 Å². The van der Waals surface area contributed by atoms with Gasteiger partial charge in [-0.05, 0) is 97.8 Å². The number of ether oxygens (including phenoxy) is 1. The van der Waals surface area contributed by atoms with Crippen LogP contribution in [0.2, 0.25) is 6.32 Å². The third-order valence-corrected chi connectivity index (χ3v) is 11.0. The van der Waals surface area contributed by atoms with Crippen molar-refractivity contribution in [1.82, 2.24) is 9.80 Å². The van der Waals surface area contributed by atoms with Crippen molar-refractivity contribution in [2.75, 3.05) is 19.7 Å². The number of piperidine rings is 1. The lowest BCUT2D eigenvalue weighted by atomic mass is 9.58. The molecule has 3 aliphatic heterocycles. The van der Waals surface area contributed by atoms with Crippen LogP contribution >= 0.6 is 0 Å². The number of fused-ring (bicyclic) bond motifs is 3. The molecule has 9 nitrogen and oxygen atoms in total. The molecule has 1 aromatic heterocycles. The Labute approximate surface area is 294 Å². The average molecular weight is 679 g/mol. The number of furan rings is 1. The van der Waals surface area contributed by atoms with Crippen molar-refractivity contribution < 1.29 is 33.5 Å². The number of nitrogens with zero attached hydrogens (tertiary/aromatic N) is 2. The van der Waals surface area contributed by atoms with Gasteiger partial charge in [0.1, 0.15) is 30.5 Å². The first-order valence-electron chi connectivity index (χ1n) is 18.2. The number of aliphatic hydroxyl groups is 1. The molecule has 0 unspecified atom stereocenters. The largest absolute Gasteiger partial charge is 0.489 e. The summed E-state index contributed by atoms with van der Waals surface area (Å²) in [6.07, 6.45) is 5.92. The highest BCUT2D eigenvalue weighted by Gasteiger charge is 2.58. The molecule has 1 aliphatic carbocycles. The van der Waals surface area contributed by atoms with Crippen LogP contribution in [-0.4, -0.2) is 70.7 Å². The van der Waals surface area contributed by atoms with Gasteiger partial charge in [0.25, 0.3) is 0 Å². The number of amides is 2. The molecule has 0 bridgehead atoms. The van der Waals surface area contributed by atoms with Crippen LogP contribution in [0.25, 0.3) is 6.08 Å². The van der Waals surface area contributed by atoms with E-state index in [2.05, 4.69) is 36.1 Å². The zero-order valence-electron chi connectivity index (χ0n) is 28.8. The molecule has 0 saturated carbocycles. The first-order valence-corrected chi connectivity index (χ1v) is 18.2. The summed E-state index contributed by atoms with van der Waals surface area (Å²) in [5, 5.41) is 20.5. The number of carbonyl (C=O) groups is 2. The number of aliphatic hydroxyl groups excluding tert-OH is 1. The summed E-state index contributed by atoms with van der Waals surface area (Å²) >= 11 is 0. The van der Waals surface area contributed by atoms with E-state index in [-0.39, 0.29) is 36.7 Å². The van der Waals surface area contributed by atoms with Crippen LogP contribution in [-0.2, 0) is 27.4 Å². The molecular formula is C40H47BN2O7. The van der Waals surface area contributed by atoms with E-state index in [0.717, 1.165) is 61.4 Å². The molecule has 2 aromatic carbocycles. The van der Waals surface area contributed by atoms with Crippen LogP contribution in [0.15, 0.2) is 93.9 Å². The first-order chi connectivity index (χ1) is 24.4. The second-order valence-corrected chi connectivity index (χ2v) is 14.1. The van der Waals surface area contributed by atoms with E-state index < -0.39 is 25.1 Å². The van der Waals surface area contributed by atoms with E-state index in [1.165, 1.54) is 5.56 Å².